The number of nitrogens with two attached hydrogens (primary N) is 1. The fourth-order valence-corrected chi connectivity index (χ4v) is 1.93. The first-order valence-corrected chi connectivity index (χ1v) is 6.11. The van der Waals surface area contributed by atoms with Crippen LogP contribution in [0.15, 0.2) is 24.5 Å². The minimum atomic E-state index is -0.461. The number of carbonyl (C=O) groups is 1. The Bertz CT molecular complexity index is 623. The molecule has 1 unspecified atom stereocenters. The van der Waals surface area contributed by atoms with E-state index in [-0.39, 0.29) is 6.04 Å². The van der Waals surface area contributed by atoms with Gasteiger partial charge in [0.25, 0.3) is 0 Å². The third-order valence-electron chi connectivity index (χ3n) is 2.98. The monoisotopic (exact) mass is 275 g/mol. The number of hydrogen-bond donors (Lipinski definition) is 2. The molecule has 7 nitrogen and oxygen atoms in total. The molecule has 20 heavy (non-hydrogen) atoms. The van der Waals surface area contributed by atoms with Crippen molar-refractivity contribution in [3.05, 3.63) is 35.9 Å². The molecule has 0 aliphatic heterocycles. The molecule has 0 radical (unpaired) electrons. The average Bonchev–Trinajstić information content (AvgIpc) is 2.86. The Hall–Kier alpha value is -2.57. The Morgan fingerprint density at radius 1 is 1.50 bits per heavy atom. The number of hydrogen-bond acceptors (Lipinski definition) is 6. The molecule has 2 rings (SSSR count). The summed E-state index contributed by atoms with van der Waals surface area (Å²) in [4.78, 5) is 11.6. The maximum Gasteiger partial charge on any atom is 0.340 e. The van der Waals surface area contributed by atoms with Crippen molar-refractivity contribution in [3.63, 3.8) is 0 Å². The lowest BCUT2D eigenvalue weighted by Crippen LogP contribution is -2.13. The van der Waals surface area contributed by atoms with E-state index in [0.717, 1.165) is 11.5 Å². The Morgan fingerprint density at radius 2 is 2.25 bits per heavy atom. The summed E-state index contributed by atoms with van der Waals surface area (Å²) in [7, 11) is 3.19. The number of nitrogen functional groups attached to an aromatic ring is 1. The number of methoxy groups -OCH3 is 1. The molecule has 1 heterocycles. The van der Waals surface area contributed by atoms with E-state index >= 15 is 0 Å². The summed E-state index contributed by atoms with van der Waals surface area (Å²) in [5.41, 5.74) is 7.24. The van der Waals surface area contributed by atoms with Crippen LogP contribution in [0.2, 0.25) is 0 Å². The van der Waals surface area contributed by atoms with Crippen LogP contribution in [-0.4, -0.2) is 27.8 Å². The number of benzene rings is 1. The van der Waals surface area contributed by atoms with E-state index in [9.17, 15) is 4.79 Å². The first-order chi connectivity index (χ1) is 9.52. The lowest BCUT2D eigenvalue weighted by Gasteiger charge is -2.15. The first kappa shape index (κ1) is 13.9. The molecular formula is C13H17N5O2. The summed E-state index contributed by atoms with van der Waals surface area (Å²) in [5.74, 6) is 0.332. The first-order valence-electron chi connectivity index (χ1n) is 6.11. The van der Waals surface area contributed by atoms with Crippen LogP contribution in [0.3, 0.4) is 0 Å². The molecule has 0 spiro atoms. The highest BCUT2D eigenvalue weighted by atomic mass is 16.5. The maximum atomic E-state index is 11.6. The summed E-state index contributed by atoms with van der Waals surface area (Å²) >= 11 is 0. The van der Waals surface area contributed by atoms with Gasteiger partial charge in [0.1, 0.15) is 6.33 Å². The molecule has 0 saturated heterocycles. The van der Waals surface area contributed by atoms with Crippen LogP contribution in [-0.2, 0) is 11.8 Å². The molecule has 1 aromatic carbocycles. The van der Waals surface area contributed by atoms with E-state index < -0.39 is 5.97 Å². The maximum absolute atomic E-state index is 11.6. The predicted molar refractivity (Wildman–Crippen MR) is 75.2 cm³/mol. The smallest absolute Gasteiger partial charge is 0.340 e. The molecule has 1 aromatic heterocycles. The number of ether oxygens (including phenoxy) is 1. The van der Waals surface area contributed by atoms with Gasteiger partial charge >= 0.3 is 5.97 Å². The van der Waals surface area contributed by atoms with Crippen LogP contribution >= 0.6 is 0 Å². The van der Waals surface area contributed by atoms with Gasteiger partial charge in [-0.15, -0.1) is 10.2 Å². The summed E-state index contributed by atoms with van der Waals surface area (Å²) < 4.78 is 6.52. The van der Waals surface area contributed by atoms with Gasteiger partial charge in [-0.25, -0.2) is 4.79 Å². The van der Waals surface area contributed by atoms with Crippen molar-refractivity contribution in [2.75, 3.05) is 18.2 Å². The van der Waals surface area contributed by atoms with Crippen LogP contribution in [0.4, 0.5) is 11.4 Å². The third kappa shape index (κ3) is 2.71. The molecule has 0 amide bonds. The zero-order valence-corrected chi connectivity index (χ0v) is 11.6. The SMILES string of the molecule is COC(=O)c1cc(NC(C)c2nncn2C)ccc1N. The minimum absolute atomic E-state index is 0.0587. The molecule has 0 fully saturated rings. The van der Waals surface area contributed by atoms with Crippen LogP contribution in [0.5, 0.6) is 0 Å². The second-order valence-corrected chi connectivity index (χ2v) is 4.46. The van der Waals surface area contributed by atoms with Crippen molar-refractivity contribution in [2.24, 2.45) is 7.05 Å². The van der Waals surface area contributed by atoms with Gasteiger partial charge in [0.15, 0.2) is 5.82 Å². The molecular weight excluding hydrogens is 258 g/mol. The van der Waals surface area contributed by atoms with Crippen molar-refractivity contribution in [2.45, 2.75) is 13.0 Å². The van der Waals surface area contributed by atoms with Crippen LogP contribution < -0.4 is 11.1 Å². The molecule has 2 aromatic rings. The zero-order chi connectivity index (χ0) is 14.7. The van der Waals surface area contributed by atoms with Gasteiger partial charge in [-0.1, -0.05) is 0 Å². The predicted octanol–water partition coefficient (Wildman–Crippen LogP) is 1.36. The number of esters is 1. The van der Waals surface area contributed by atoms with Crippen LogP contribution in [0.25, 0.3) is 0 Å². The lowest BCUT2D eigenvalue weighted by molar-refractivity contribution is 0.0602. The molecule has 0 saturated carbocycles. The Morgan fingerprint density at radius 3 is 2.85 bits per heavy atom. The largest absolute Gasteiger partial charge is 0.465 e. The van der Waals surface area contributed by atoms with Crippen molar-refractivity contribution >= 4 is 17.3 Å². The van der Waals surface area contributed by atoms with Crippen molar-refractivity contribution in [1.29, 1.82) is 0 Å². The standard InChI is InChI=1S/C13H17N5O2/c1-8(12-17-15-7-18(12)2)16-9-4-5-11(14)10(6-9)13(19)20-3/h4-8,16H,14H2,1-3H3. The number of nitrogens with one attached hydrogen (secondary N) is 1. The Kier molecular flexibility index (Phi) is 3.88. The van der Waals surface area contributed by atoms with Gasteiger partial charge < -0.3 is 20.4 Å². The normalized spacial score (nSPS) is 11.9. The highest BCUT2D eigenvalue weighted by Gasteiger charge is 2.14. The van der Waals surface area contributed by atoms with Crippen molar-refractivity contribution < 1.29 is 9.53 Å². The number of anilines is 2. The minimum Gasteiger partial charge on any atom is -0.465 e. The third-order valence-corrected chi connectivity index (χ3v) is 2.98. The van der Waals surface area contributed by atoms with Crippen molar-refractivity contribution in [1.82, 2.24) is 14.8 Å². The molecule has 1 atom stereocenters. The van der Waals surface area contributed by atoms with E-state index in [1.54, 1.807) is 24.5 Å². The second-order valence-electron chi connectivity index (χ2n) is 4.46. The van der Waals surface area contributed by atoms with Gasteiger partial charge in [0, 0.05) is 18.4 Å². The van der Waals surface area contributed by atoms with Gasteiger partial charge in [-0.05, 0) is 25.1 Å². The van der Waals surface area contributed by atoms with E-state index in [2.05, 4.69) is 15.5 Å². The summed E-state index contributed by atoms with van der Waals surface area (Å²) in [6, 6.07) is 5.07. The lowest BCUT2D eigenvalue weighted by atomic mass is 10.1. The Balaban J connectivity index is 2.22. The summed E-state index contributed by atoms with van der Waals surface area (Å²) in [6.45, 7) is 1.96. The molecule has 3 N–H and O–H groups in total. The van der Waals surface area contributed by atoms with Gasteiger partial charge in [-0.3, -0.25) is 0 Å². The molecule has 106 valence electrons. The number of nitrogens with zero attached hydrogens (tertiary/aromatic N) is 3. The highest BCUT2D eigenvalue weighted by Crippen LogP contribution is 2.22. The molecule has 7 heteroatoms. The Labute approximate surface area is 116 Å². The van der Waals surface area contributed by atoms with E-state index in [0.29, 0.717) is 11.3 Å². The number of rotatable bonds is 4. The molecule has 0 aliphatic rings. The summed E-state index contributed by atoms with van der Waals surface area (Å²) in [5, 5.41) is 11.1. The topological polar surface area (TPSA) is 95.1 Å². The van der Waals surface area contributed by atoms with Gasteiger partial charge in [0.05, 0.1) is 18.7 Å². The highest BCUT2D eigenvalue weighted by molar-refractivity contribution is 5.96. The van der Waals surface area contributed by atoms with E-state index in [1.165, 1.54) is 7.11 Å². The molecule has 0 bridgehead atoms. The average molecular weight is 275 g/mol. The van der Waals surface area contributed by atoms with Gasteiger partial charge in [0.2, 0.25) is 0 Å². The molecule has 0 aliphatic carbocycles. The quantitative estimate of drug-likeness (QED) is 0.646. The fraction of sp³-hybridized carbons (Fsp3) is 0.308. The van der Waals surface area contributed by atoms with Gasteiger partial charge in [-0.2, -0.15) is 0 Å². The summed E-state index contributed by atoms with van der Waals surface area (Å²) in [6.07, 6.45) is 1.64. The van der Waals surface area contributed by atoms with Crippen LogP contribution in [0, 0.1) is 0 Å². The second kappa shape index (κ2) is 5.60. The fourth-order valence-electron chi connectivity index (χ4n) is 1.93. The van der Waals surface area contributed by atoms with Crippen LogP contribution in [0.1, 0.15) is 29.1 Å². The van der Waals surface area contributed by atoms with Crippen molar-refractivity contribution in [3.8, 4) is 0 Å². The van der Waals surface area contributed by atoms with E-state index in [1.807, 2.05) is 18.5 Å². The van der Waals surface area contributed by atoms with E-state index in [4.69, 9.17) is 10.5 Å². The number of aryl methyl sites for hydroxylation is 1. The zero-order valence-electron chi connectivity index (χ0n) is 11.6. The number of aromatic nitrogens is 3. The number of carbonyl (C=O) groups excluding carboxylic acids is 1.